The van der Waals surface area contributed by atoms with Crippen molar-refractivity contribution in [2.24, 2.45) is 10.2 Å². The summed E-state index contributed by atoms with van der Waals surface area (Å²) in [6, 6.07) is 2.64. The number of benzene rings is 1. The van der Waals surface area contributed by atoms with Gasteiger partial charge in [-0.2, -0.15) is 10.2 Å². The third kappa shape index (κ3) is 4.44. The van der Waals surface area contributed by atoms with Crippen molar-refractivity contribution in [1.29, 1.82) is 0 Å². The fraction of sp³-hybridized carbons (Fsp3) is 0.278. The molecule has 128 valence electrons. The molecule has 0 unspecified atom stereocenters. The first-order valence-electron chi connectivity index (χ1n) is 7.45. The van der Waals surface area contributed by atoms with Gasteiger partial charge in [0.05, 0.1) is 11.3 Å². The molecule has 0 radical (unpaired) electrons. The third-order valence-electron chi connectivity index (χ3n) is 3.36. The van der Waals surface area contributed by atoms with Gasteiger partial charge in [-0.3, -0.25) is 4.79 Å². The zero-order chi connectivity index (χ0) is 18.3. The summed E-state index contributed by atoms with van der Waals surface area (Å²) in [7, 11) is 1.51. The van der Waals surface area contributed by atoms with E-state index in [1.807, 2.05) is 0 Å². The van der Waals surface area contributed by atoms with Crippen LogP contribution < -0.4 is 5.32 Å². The maximum Gasteiger partial charge on any atom is 0.254 e. The molecule has 1 aromatic rings. The highest BCUT2D eigenvalue weighted by atomic mass is 19.2. The van der Waals surface area contributed by atoms with Crippen LogP contribution in [0.25, 0.3) is 5.57 Å². The number of nitrogens with one attached hydrogen (secondary N) is 1. The monoisotopic (exact) mass is 333 g/mol. The summed E-state index contributed by atoms with van der Waals surface area (Å²) in [6.45, 7) is 9.11. The smallest absolute Gasteiger partial charge is 0.254 e. The first-order chi connectivity index (χ1) is 11.4. The van der Waals surface area contributed by atoms with Crippen LogP contribution in [-0.2, 0) is 0 Å². The van der Waals surface area contributed by atoms with Gasteiger partial charge in [0.1, 0.15) is 0 Å². The first kappa shape index (κ1) is 19.4. The van der Waals surface area contributed by atoms with E-state index in [9.17, 15) is 13.6 Å². The van der Waals surface area contributed by atoms with Crippen LogP contribution >= 0.6 is 0 Å². The first-order valence-corrected chi connectivity index (χ1v) is 7.45. The van der Waals surface area contributed by atoms with E-state index in [4.69, 9.17) is 0 Å². The maximum atomic E-state index is 14.3. The largest absolute Gasteiger partial charge is 0.352 e. The molecule has 0 bridgehead atoms. The number of halogens is 2. The maximum absolute atomic E-state index is 14.3. The Bertz CT molecular complexity index is 734. The van der Waals surface area contributed by atoms with Crippen molar-refractivity contribution < 1.29 is 13.6 Å². The number of hydrogen-bond acceptors (Lipinski definition) is 3. The van der Waals surface area contributed by atoms with Crippen LogP contribution in [0.3, 0.4) is 0 Å². The molecule has 0 aliphatic heterocycles. The summed E-state index contributed by atoms with van der Waals surface area (Å²) in [5.74, 6) is -2.89. The Kier molecular flexibility index (Phi) is 7.17. The lowest BCUT2D eigenvalue weighted by Gasteiger charge is -2.09. The molecule has 0 fully saturated rings. The number of allylic oxidation sites excluding steroid dienone is 4. The van der Waals surface area contributed by atoms with E-state index in [-0.39, 0.29) is 11.1 Å². The molecule has 0 aliphatic rings. The summed E-state index contributed by atoms with van der Waals surface area (Å²) in [5, 5.41) is 10.1. The standard InChI is InChI=1S/C18H21F2N3O/c1-6-11(3)15(23-21-5)10-12(4)13-8-9-14(17(20)16(13)19)18(24)22-7-2/h6,8-10H,1,7H2,2-5H3,(H,22,24)/b12-10+,15-11+,23-21?. The van der Waals surface area contributed by atoms with Crippen LogP contribution in [0.2, 0.25) is 0 Å². The molecule has 4 nitrogen and oxygen atoms in total. The zero-order valence-electron chi connectivity index (χ0n) is 14.3. The Morgan fingerprint density at radius 1 is 1.25 bits per heavy atom. The minimum Gasteiger partial charge on any atom is -0.352 e. The van der Waals surface area contributed by atoms with Crippen LogP contribution in [0.4, 0.5) is 8.78 Å². The van der Waals surface area contributed by atoms with Gasteiger partial charge in [-0.1, -0.05) is 18.7 Å². The zero-order valence-corrected chi connectivity index (χ0v) is 14.3. The van der Waals surface area contributed by atoms with Gasteiger partial charge in [0.2, 0.25) is 0 Å². The summed E-state index contributed by atoms with van der Waals surface area (Å²) < 4.78 is 28.5. The van der Waals surface area contributed by atoms with E-state index < -0.39 is 17.5 Å². The fourth-order valence-corrected chi connectivity index (χ4v) is 2.00. The van der Waals surface area contributed by atoms with Gasteiger partial charge in [0.15, 0.2) is 11.6 Å². The van der Waals surface area contributed by atoms with E-state index in [1.165, 1.54) is 19.2 Å². The predicted octanol–water partition coefficient (Wildman–Crippen LogP) is 4.66. The molecule has 1 aromatic carbocycles. The van der Waals surface area contributed by atoms with Gasteiger partial charge < -0.3 is 5.32 Å². The molecule has 24 heavy (non-hydrogen) atoms. The molecule has 1 rings (SSSR count). The molecular formula is C18H21F2N3O. The Hall–Kier alpha value is -2.63. The van der Waals surface area contributed by atoms with E-state index >= 15 is 0 Å². The lowest BCUT2D eigenvalue weighted by molar-refractivity contribution is 0.0950. The Labute approximate surface area is 140 Å². The minimum atomic E-state index is -1.17. The van der Waals surface area contributed by atoms with Gasteiger partial charge in [0, 0.05) is 19.2 Å². The van der Waals surface area contributed by atoms with Crippen molar-refractivity contribution in [3.8, 4) is 0 Å². The average Bonchev–Trinajstić information content (AvgIpc) is 2.56. The number of azo groups is 1. The number of amides is 1. The summed E-state index contributed by atoms with van der Waals surface area (Å²) >= 11 is 0. The Morgan fingerprint density at radius 2 is 1.83 bits per heavy atom. The van der Waals surface area contributed by atoms with Gasteiger partial charge in [-0.05, 0) is 44.1 Å². The number of hydrogen-bond donors (Lipinski definition) is 1. The molecule has 1 amide bonds. The van der Waals surface area contributed by atoms with E-state index in [0.717, 1.165) is 5.57 Å². The van der Waals surface area contributed by atoms with E-state index in [1.54, 1.807) is 32.9 Å². The normalized spacial score (nSPS) is 13.0. The Balaban J connectivity index is 3.37. The fourth-order valence-electron chi connectivity index (χ4n) is 2.00. The minimum absolute atomic E-state index is 0.0567. The third-order valence-corrected chi connectivity index (χ3v) is 3.36. The highest BCUT2D eigenvalue weighted by molar-refractivity contribution is 5.94. The number of rotatable bonds is 6. The van der Waals surface area contributed by atoms with Crippen molar-refractivity contribution in [2.45, 2.75) is 20.8 Å². The molecule has 0 atom stereocenters. The molecule has 0 spiro atoms. The van der Waals surface area contributed by atoms with Crippen molar-refractivity contribution in [3.05, 3.63) is 64.9 Å². The van der Waals surface area contributed by atoms with Crippen LogP contribution in [0, 0.1) is 11.6 Å². The highest BCUT2D eigenvalue weighted by Gasteiger charge is 2.19. The predicted molar refractivity (Wildman–Crippen MR) is 91.7 cm³/mol. The van der Waals surface area contributed by atoms with Gasteiger partial charge in [0.25, 0.3) is 5.91 Å². The van der Waals surface area contributed by atoms with Crippen molar-refractivity contribution in [3.63, 3.8) is 0 Å². The molecule has 1 N–H and O–H groups in total. The molecular weight excluding hydrogens is 312 g/mol. The van der Waals surface area contributed by atoms with Gasteiger partial charge >= 0.3 is 0 Å². The molecule has 0 heterocycles. The second-order valence-electron chi connectivity index (χ2n) is 5.05. The molecule has 0 aliphatic carbocycles. The number of carbonyl (C=O) groups is 1. The summed E-state index contributed by atoms with van der Waals surface area (Å²) in [6.07, 6.45) is 3.19. The lowest BCUT2D eigenvalue weighted by Crippen LogP contribution is -2.24. The van der Waals surface area contributed by atoms with Crippen LogP contribution in [0.5, 0.6) is 0 Å². The van der Waals surface area contributed by atoms with Crippen LogP contribution in [0.15, 0.2) is 52.4 Å². The van der Waals surface area contributed by atoms with Crippen molar-refractivity contribution >= 4 is 11.5 Å². The topological polar surface area (TPSA) is 53.8 Å². The molecule has 0 saturated carbocycles. The van der Waals surface area contributed by atoms with Crippen molar-refractivity contribution in [2.75, 3.05) is 13.6 Å². The quantitative estimate of drug-likeness (QED) is 0.597. The average molecular weight is 333 g/mol. The van der Waals surface area contributed by atoms with Gasteiger partial charge in [-0.15, -0.1) is 0 Å². The highest BCUT2D eigenvalue weighted by Crippen LogP contribution is 2.25. The second-order valence-corrected chi connectivity index (χ2v) is 5.05. The van der Waals surface area contributed by atoms with Gasteiger partial charge in [-0.25, -0.2) is 8.78 Å². The summed E-state index contributed by atoms with van der Waals surface area (Å²) in [4.78, 5) is 11.7. The lowest BCUT2D eigenvalue weighted by atomic mass is 10.0. The summed E-state index contributed by atoms with van der Waals surface area (Å²) in [5.41, 5.74) is 1.44. The molecule has 0 saturated heterocycles. The second kappa shape index (κ2) is 8.86. The number of nitrogens with zero attached hydrogens (tertiary/aromatic N) is 2. The molecule has 0 aromatic heterocycles. The SMILES string of the molecule is C=C/C(C)=C(\C=C(/C)c1ccc(C(=O)NCC)c(F)c1F)N=NC. The number of carbonyl (C=O) groups excluding carboxylic acids is 1. The Morgan fingerprint density at radius 3 is 2.38 bits per heavy atom. The van der Waals surface area contributed by atoms with Crippen LogP contribution in [0.1, 0.15) is 36.7 Å². The van der Waals surface area contributed by atoms with Crippen molar-refractivity contribution in [1.82, 2.24) is 5.32 Å². The molecule has 6 heteroatoms. The van der Waals surface area contributed by atoms with E-state index in [0.29, 0.717) is 17.8 Å². The van der Waals surface area contributed by atoms with E-state index in [2.05, 4.69) is 22.1 Å². The van der Waals surface area contributed by atoms with Crippen LogP contribution in [-0.4, -0.2) is 19.5 Å².